The van der Waals surface area contributed by atoms with Crippen LogP contribution in [-0.2, 0) is 54.2 Å². The molecule has 0 aromatic rings. The quantitative estimate of drug-likeness (QED) is 0.274. The molecule has 0 aliphatic carbocycles. The van der Waals surface area contributed by atoms with Gasteiger partial charge < -0.3 is 28.0 Å². The van der Waals surface area contributed by atoms with Gasteiger partial charge in [-0.2, -0.15) is 0 Å². The highest BCUT2D eigenvalue weighted by atomic mass is 32.9. The number of rotatable bonds is 10. The van der Waals surface area contributed by atoms with E-state index in [0.717, 1.165) is 0 Å². The van der Waals surface area contributed by atoms with Crippen LogP contribution in [0.1, 0.15) is 41.0 Å². The van der Waals surface area contributed by atoms with Crippen molar-refractivity contribution in [2.75, 3.05) is 19.8 Å². The third kappa shape index (κ3) is 8.75. The Morgan fingerprint density at radius 1 is 1.04 bits per heavy atom. The first-order valence-corrected chi connectivity index (χ1v) is 12.9. The molecular formula is C16H27O9PS2. The molecule has 0 unspecified atom stereocenters. The standard InChI is InChI=1S/C16H27O9PS2/c1-6-21-26(27,22-7-2)28-15-8-13(23-11(4)18)16(24-12(5)19)14(25-15)9-20-10(3)17/h13-16H,6-9H2,1-5H3/t13-,14-,15+,16-/m1/s1. The van der Waals surface area contributed by atoms with Gasteiger partial charge in [0.1, 0.15) is 24.3 Å². The van der Waals surface area contributed by atoms with Crippen LogP contribution in [0, 0.1) is 0 Å². The average Bonchev–Trinajstić information content (AvgIpc) is 2.54. The fourth-order valence-corrected chi connectivity index (χ4v) is 7.87. The van der Waals surface area contributed by atoms with Gasteiger partial charge in [0.15, 0.2) is 6.10 Å². The fraction of sp³-hybridized carbons (Fsp3) is 0.812. The predicted molar refractivity (Wildman–Crippen MR) is 106 cm³/mol. The SMILES string of the molecule is CCOP(=S)(OCC)S[C@H]1C[C@@H](OC(C)=O)[C@@H](OC(C)=O)[C@@H](COC(C)=O)O1. The van der Waals surface area contributed by atoms with E-state index in [9.17, 15) is 14.4 Å². The van der Waals surface area contributed by atoms with Gasteiger partial charge in [-0.05, 0) is 37.0 Å². The van der Waals surface area contributed by atoms with Crippen molar-refractivity contribution < 1.29 is 42.4 Å². The Morgan fingerprint density at radius 2 is 1.61 bits per heavy atom. The molecule has 9 nitrogen and oxygen atoms in total. The summed E-state index contributed by atoms with van der Waals surface area (Å²) in [5.74, 6) is -1.62. The molecular weight excluding hydrogens is 431 g/mol. The molecule has 0 saturated carbocycles. The van der Waals surface area contributed by atoms with Crippen molar-refractivity contribution in [3.63, 3.8) is 0 Å². The maximum atomic E-state index is 11.6. The van der Waals surface area contributed by atoms with E-state index in [2.05, 4.69) is 0 Å². The zero-order chi connectivity index (χ0) is 21.3. The molecule has 0 aromatic carbocycles. The third-order valence-electron chi connectivity index (χ3n) is 3.38. The van der Waals surface area contributed by atoms with Crippen LogP contribution in [0.3, 0.4) is 0 Å². The van der Waals surface area contributed by atoms with Gasteiger partial charge in [-0.1, -0.05) is 0 Å². The molecule has 12 heteroatoms. The Morgan fingerprint density at radius 3 is 2.07 bits per heavy atom. The molecule has 0 amide bonds. The highest BCUT2D eigenvalue weighted by Gasteiger charge is 2.45. The Balaban J connectivity index is 3.06. The minimum Gasteiger partial charge on any atom is -0.463 e. The molecule has 162 valence electrons. The lowest BCUT2D eigenvalue weighted by atomic mass is 10.0. The van der Waals surface area contributed by atoms with E-state index in [-0.39, 0.29) is 13.0 Å². The smallest absolute Gasteiger partial charge is 0.303 e. The lowest BCUT2D eigenvalue weighted by molar-refractivity contribution is -0.204. The van der Waals surface area contributed by atoms with Crippen LogP contribution in [0.15, 0.2) is 0 Å². The molecule has 1 aliphatic heterocycles. The van der Waals surface area contributed by atoms with Crippen LogP contribution in [0.2, 0.25) is 0 Å². The number of ether oxygens (including phenoxy) is 4. The van der Waals surface area contributed by atoms with Crippen LogP contribution >= 0.6 is 17.1 Å². The van der Waals surface area contributed by atoms with Crippen LogP contribution in [0.25, 0.3) is 0 Å². The summed E-state index contributed by atoms with van der Waals surface area (Å²) in [4.78, 5) is 34.3. The maximum Gasteiger partial charge on any atom is 0.303 e. The number of carbonyl (C=O) groups is 3. The number of hydrogen-bond donors (Lipinski definition) is 0. The summed E-state index contributed by atoms with van der Waals surface area (Å²) in [6.07, 6.45) is -2.35. The first-order valence-electron chi connectivity index (χ1n) is 8.81. The molecule has 1 fully saturated rings. The highest BCUT2D eigenvalue weighted by molar-refractivity contribution is 8.68. The molecule has 0 bridgehead atoms. The van der Waals surface area contributed by atoms with Crippen molar-refractivity contribution in [2.45, 2.75) is 64.8 Å². The fourth-order valence-electron chi connectivity index (χ4n) is 2.52. The molecule has 0 N–H and O–H groups in total. The summed E-state index contributed by atoms with van der Waals surface area (Å²) in [6.45, 7) is 7.94. The highest BCUT2D eigenvalue weighted by Crippen LogP contribution is 2.63. The van der Waals surface area contributed by atoms with E-state index in [0.29, 0.717) is 13.2 Å². The second kappa shape index (κ2) is 12.1. The van der Waals surface area contributed by atoms with Crippen molar-refractivity contribution in [3.8, 4) is 0 Å². The Hall–Kier alpha value is -0.710. The van der Waals surface area contributed by atoms with Crippen molar-refractivity contribution in [1.82, 2.24) is 0 Å². The summed E-state index contributed by atoms with van der Waals surface area (Å²) < 4.78 is 32.9. The molecule has 0 aromatic heterocycles. The Kier molecular flexibility index (Phi) is 10.9. The van der Waals surface area contributed by atoms with E-state index < -0.39 is 47.3 Å². The maximum absolute atomic E-state index is 11.6. The zero-order valence-corrected chi connectivity index (χ0v) is 19.1. The molecule has 1 rings (SSSR count). The molecule has 28 heavy (non-hydrogen) atoms. The van der Waals surface area contributed by atoms with Crippen LogP contribution in [0.5, 0.6) is 0 Å². The Labute approximate surface area is 174 Å². The monoisotopic (exact) mass is 458 g/mol. The van der Waals surface area contributed by atoms with Gasteiger partial charge in [-0.15, -0.1) is 0 Å². The lowest BCUT2D eigenvalue weighted by Crippen LogP contribution is -2.53. The molecule has 0 radical (unpaired) electrons. The number of hydrogen-bond acceptors (Lipinski definition) is 11. The molecule has 0 spiro atoms. The van der Waals surface area contributed by atoms with E-state index in [1.54, 1.807) is 0 Å². The summed E-state index contributed by atoms with van der Waals surface area (Å²) in [7, 11) is 0. The van der Waals surface area contributed by atoms with Crippen LogP contribution < -0.4 is 0 Å². The van der Waals surface area contributed by atoms with Gasteiger partial charge in [0.2, 0.25) is 5.69 Å². The van der Waals surface area contributed by atoms with Gasteiger partial charge in [-0.25, -0.2) is 0 Å². The van der Waals surface area contributed by atoms with Crippen molar-refractivity contribution in [2.24, 2.45) is 0 Å². The second-order valence-corrected chi connectivity index (χ2v) is 12.1. The molecule has 1 saturated heterocycles. The topological polar surface area (TPSA) is 107 Å². The van der Waals surface area contributed by atoms with Gasteiger partial charge in [0.25, 0.3) is 0 Å². The van der Waals surface area contributed by atoms with Crippen molar-refractivity contribution in [3.05, 3.63) is 0 Å². The summed E-state index contributed by atoms with van der Waals surface area (Å²) in [5, 5.41) is 0. The van der Waals surface area contributed by atoms with E-state index in [1.807, 2.05) is 13.8 Å². The number of esters is 3. The summed E-state index contributed by atoms with van der Waals surface area (Å²) in [6, 6.07) is 0. The minimum atomic E-state index is -2.69. The molecule has 4 atom stereocenters. The van der Waals surface area contributed by atoms with E-state index >= 15 is 0 Å². The predicted octanol–water partition coefficient (Wildman–Crippen LogP) is 2.56. The van der Waals surface area contributed by atoms with Gasteiger partial charge in [0, 0.05) is 27.2 Å². The van der Waals surface area contributed by atoms with Gasteiger partial charge in [-0.3, -0.25) is 14.4 Å². The largest absolute Gasteiger partial charge is 0.463 e. The first-order chi connectivity index (χ1) is 13.1. The summed E-state index contributed by atoms with van der Waals surface area (Å²) in [5.41, 5.74) is -3.26. The second-order valence-electron chi connectivity index (χ2n) is 5.75. The van der Waals surface area contributed by atoms with E-state index in [1.165, 1.54) is 32.2 Å². The van der Waals surface area contributed by atoms with Crippen molar-refractivity contribution in [1.29, 1.82) is 0 Å². The number of carbonyl (C=O) groups excluding carboxylic acids is 3. The molecule has 1 aliphatic rings. The summed E-state index contributed by atoms with van der Waals surface area (Å²) >= 11 is 6.72. The molecule has 1 heterocycles. The van der Waals surface area contributed by atoms with Crippen molar-refractivity contribution >= 4 is 46.8 Å². The van der Waals surface area contributed by atoms with Gasteiger partial charge in [0.05, 0.1) is 13.2 Å². The zero-order valence-electron chi connectivity index (χ0n) is 16.6. The van der Waals surface area contributed by atoms with Crippen LogP contribution in [-0.4, -0.2) is 61.5 Å². The van der Waals surface area contributed by atoms with Gasteiger partial charge >= 0.3 is 17.9 Å². The first kappa shape index (κ1) is 25.3. The Bertz CT molecular complexity index is 591. The average molecular weight is 458 g/mol. The minimum absolute atomic E-state index is 0.172. The normalized spacial score (nSPS) is 25.0. The lowest BCUT2D eigenvalue weighted by Gasteiger charge is -2.40. The van der Waals surface area contributed by atoms with Crippen LogP contribution in [0.4, 0.5) is 0 Å². The third-order valence-corrected chi connectivity index (χ3v) is 8.84. The van der Waals surface area contributed by atoms with E-state index in [4.69, 9.17) is 39.8 Å².